The Balaban J connectivity index is 2.20. The van der Waals surface area contributed by atoms with Crippen LogP contribution >= 0.6 is 0 Å². The Hall–Kier alpha value is -2.37. The lowest BCUT2D eigenvalue weighted by Crippen LogP contribution is -2.22. The van der Waals surface area contributed by atoms with Crippen molar-refractivity contribution in [2.75, 3.05) is 13.7 Å². The van der Waals surface area contributed by atoms with Gasteiger partial charge in [0.05, 0.1) is 18.3 Å². The average molecular weight is 316 g/mol. The zero-order valence-corrected chi connectivity index (χ0v) is 13.1. The Morgan fingerprint density at radius 2 is 1.87 bits per heavy atom. The first-order valence-corrected chi connectivity index (χ1v) is 7.29. The Morgan fingerprint density at radius 3 is 2.52 bits per heavy atom. The fourth-order valence-electron chi connectivity index (χ4n) is 2.10. The molecular formula is C18H20O5. The molecule has 0 fully saturated rings. The summed E-state index contributed by atoms with van der Waals surface area (Å²) in [4.78, 5) is 11.1. The van der Waals surface area contributed by atoms with E-state index in [0.717, 1.165) is 5.56 Å². The molecule has 1 unspecified atom stereocenters. The summed E-state index contributed by atoms with van der Waals surface area (Å²) in [6.45, 7) is 2.32. The third-order valence-electron chi connectivity index (χ3n) is 3.15. The zero-order chi connectivity index (χ0) is 16.7. The summed E-state index contributed by atoms with van der Waals surface area (Å²) in [5, 5.41) is 9.07. The minimum Gasteiger partial charge on any atom is -0.478 e. The van der Waals surface area contributed by atoms with Crippen LogP contribution < -0.4 is 4.74 Å². The highest BCUT2D eigenvalue weighted by molar-refractivity contribution is 5.88. The van der Waals surface area contributed by atoms with E-state index in [2.05, 4.69) is 0 Å². The summed E-state index contributed by atoms with van der Waals surface area (Å²) in [7, 11) is 1.61. The average Bonchev–Trinajstić information content (AvgIpc) is 2.55. The van der Waals surface area contributed by atoms with Gasteiger partial charge in [0.2, 0.25) is 6.29 Å². The molecule has 5 nitrogen and oxygen atoms in total. The second-order valence-electron chi connectivity index (χ2n) is 5.10. The van der Waals surface area contributed by atoms with Crippen LogP contribution in [0.4, 0.5) is 0 Å². The number of carboxylic acid groups (broad SMARTS) is 1. The summed E-state index contributed by atoms with van der Waals surface area (Å²) >= 11 is 0. The van der Waals surface area contributed by atoms with Crippen molar-refractivity contribution in [2.24, 2.45) is 0 Å². The lowest BCUT2D eigenvalue weighted by Gasteiger charge is -2.23. The van der Waals surface area contributed by atoms with Crippen LogP contribution in [-0.2, 0) is 9.47 Å². The van der Waals surface area contributed by atoms with E-state index >= 15 is 0 Å². The van der Waals surface area contributed by atoms with Crippen LogP contribution in [0.15, 0.2) is 54.6 Å². The molecule has 0 aliphatic heterocycles. The number of carboxylic acids is 1. The van der Waals surface area contributed by atoms with Gasteiger partial charge in [-0.15, -0.1) is 0 Å². The Bertz CT molecular complexity index is 626. The van der Waals surface area contributed by atoms with Crippen molar-refractivity contribution in [3.63, 3.8) is 0 Å². The summed E-state index contributed by atoms with van der Waals surface area (Å²) < 4.78 is 16.8. The van der Waals surface area contributed by atoms with E-state index in [1.54, 1.807) is 19.2 Å². The molecule has 2 aromatic carbocycles. The topological polar surface area (TPSA) is 65.0 Å². The first-order chi connectivity index (χ1) is 11.1. The molecule has 5 heteroatoms. The normalized spacial score (nSPS) is 13.3. The number of rotatable bonds is 8. The molecule has 0 aliphatic carbocycles. The van der Waals surface area contributed by atoms with Crippen molar-refractivity contribution < 1.29 is 24.1 Å². The predicted molar refractivity (Wildman–Crippen MR) is 85.6 cm³/mol. The van der Waals surface area contributed by atoms with Crippen molar-refractivity contribution in [2.45, 2.75) is 19.3 Å². The van der Waals surface area contributed by atoms with E-state index in [1.165, 1.54) is 12.1 Å². The number of methoxy groups -OCH3 is 1. The summed E-state index contributed by atoms with van der Waals surface area (Å²) in [5.41, 5.74) is 1.01. The Labute approximate surface area is 135 Å². The quantitative estimate of drug-likeness (QED) is 0.755. The molecule has 0 amide bonds. The number of hydrogen-bond donors (Lipinski definition) is 1. The smallest absolute Gasteiger partial charge is 0.335 e. The van der Waals surface area contributed by atoms with Gasteiger partial charge in [0.15, 0.2) is 0 Å². The van der Waals surface area contributed by atoms with Gasteiger partial charge in [0.25, 0.3) is 0 Å². The van der Waals surface area contributed by atoms with Gasteiger partial charge in [0, 0.05) is 12.7 Å². The van der Waals surface area contributed by atoms with E-state index in [9.17, 15) is 4.79 Å². The molecule has 0 spiro atoms. The van der Waals surface area contributed by atoms with Crippen LogP contribution in [-0.4, -0.2) is 30.9 Å². The number of benzene rings is 2. The first kappa shape index (κ1) is 17.0. The first-order valence-electron chi connectivity index (χ1n) is 7.29. The van der Waals surface area contributed by atoms with Crippen LogP contribution in [0.1, 0.15) is 29.1 Å². The molecule has 122 valence electrons. The van der Waals surface area contributed by atoms with Crippen LogP contribution in [0.25, 0.3) is 0 Å². The van der Waals surface area contributed by atoms with Crippen LogP contribution in [0.5, 0.6) is 5.75 Å². The fourth-order valence-corrected chi connectivity index (χ4v) is 2.10. The predicted octanol–water partition coefficient (Wildman–Crippen LogP) is 3.51. The molecule has 2 aromatic rings. The second-order valence-corrected chi connectivity index (χ2v) is 5.10. The minimum absolute atomic E-state index is 0.166. The molecule has 0 radical (unpaired) electrons. The summed E-state index contributed by atoms with van der Waals surface area (Å²) in [6.07, 6.45) is -0.821. The standard InChI is InChI=1S/C18H20O5/c1-13(12-21-2)22-18(14-7-4-3-5-8-14)23-16-10-6-9-15(11-16)17(19)20/h3-11,13,18H,12H2,1-2H3,(H,19,20)/t13-,18?/m0/s1. The lowest BCUT2D eigenvalue weighted by molar-refractivity contribution is -0.132. The second kappa shape index (κ2) is 8.31. The third-order valence-corrected chi connectivity index (χ3v) is 3.15. The van der Waals surface area contributed by atoms with Gasteiger partial charge in [-0.25, -0.2) is 4.79 Å². The molecule has 0 heterocycles. The van der Waals surface area contributed by atoms with Gasteiger partial charge in [-0.2, -0.15) is 0 Å². The maximum absolute atomic E-state index is 11.1. The van der Waals surface area contributed by atoms with Gasteiger partial charge in [-0.05, 0) is 25.1 Å². The van der Waals surface area contributed by atoms with E-state index in [1.807, 2.05) is 37.3 Å². The van der Waals surface area contributed by atoms with E-state index in [0.29, 0.717) is 12.4 Å². The van der Waals surface area contributed by atoms with Crippen LogP contribution in [0, 0.1) is 0 Å². The lowest BCUT2D eigenvalue weighted by atomic mass is 10.2. The Morgan fingerprint density at radius 1 is 1.13 bits per heavy atom. The number of ether oxygens (including phenoxy) is 3. The molecular weight excluding hydrogens is 296 g/mol. The molecule has 0 bridgehead atoms. The molecule has 0 saturated heterocycles. The van der Waals surface area contributed by atoms with E-state index in [4.69, 9.17) is 19.3 Å². The molecule has 0 aliphatic rings. The fraction of sp³-hybridized carbons (Fsp3) is 0.278. The van der Waals surface area contributed by atoms with E-state index in [-0.39, 0.29) is 11.7 Å². The highest BCUT2D eigenvalue weighted by Gasteiger charge is 2.18. The number of carbonyl (C=O) groups is 1. The maximum Gasteiger partial charge on any atom is 0.335 e. The molecule has 23 heavy (non-hydrogen) atoms. The third kappa shape index (κ3) is 5.09. The Kier molecular flexibility index (Phi) is 6.14. The number of aromatic carboxylic acids is 1. The highest BCUT2D eigenvalue weighted by Crippen LogP contribution is 2.25. The van der Waals surface area contributed by atoms with Crippen molar-refractivity contribution in [1.82, 2.24) is 0 Å². The SMILES string of the molecule is COC[C@H](C)OC(Oc1cccc(C(=O)O)c1)c1ccccc1. The van der Waals surface area contributed by atoms with Gasteiger partial charge in [-0.3, -0.25) is 0 Å². The molecule has 0 saturated carbocycles. The van der Waals surface area contributed by atoms with Gasteiger partial charge in [0.1, 0.15) is 5.75 Å². The van der Waals surface area contributed by atoms with Gasteiger partial charge in [-0.1, -0.05) is 36.4 Å². The molecule has 2 rings (SSSR count). The number of hydrogen-bond acceptors (Lipinski definition) is 4. The van der Waals surface area contributed by atoms with Crippen LogP contribution in [0.2, 0.25) is 0 Å². The monoisotopic (exact) mass is 316 g/mol. The van der Waals surface area contributed by atoms with Crippen LogP contribution in [0.3, 0.4) is 0 Å². The largest absolute Gasteiger partial charge is 0.478 e. The summed E-state index contributed by atoms with van der Waals surface area (Å²) in [5.74, 6) is -0.566. The van der Waals surface area contributed by atoms with Crippen molar-refractivity contribution >= 4 is 5.97 Å². The van der Waals surface area contributed by atoms with Gasteiger partial charge >= 0.3 is 5.97 Å². The van der Waals surface area contributed by atoms with Crippen molar-refractivity contribution in [3.8, 4) is 5.75 Å². The zero-order valence-electron chi connectivity index (χ0n) is 13.1. The highest BCUT2D eigenvalue weighted by atomic mass is 16.7. The molecule has 1 N–H and O–H groups in total. The minimum atomic E-state index is -1.000. The maximum atomic E-state index is 11.1. The van der Waals surface area contributed by atoms with Crippen molar-refractivity contribution in [1.29, 1.82) is 0 Å². The molecule has 0 aromatic heterocycles. The molecule has 2 atom stereocenters. The van der Waals surface area contributed by atoms with Crippen molar-refractivity contribution in [3.05, 3.63) is 65.7 Å². The van der Waals surface area contributed by atoms with E-state index < -0.39 is 12.3 Å². The summed E-state index contributed by atoms with van der Waals surface area (Å²) in [6, 6.07) is 15.8. The van der Waals surface area contributed by atoms with Gasteiger partial charge < -0.3 is 19.3 Å².